The van der Waals surface area contributed by atoms with Crippen molar-refractivity contribution in [3.63, 3.8) is 0 Å². The van der Waals surface area contributed by atoms with Gasteiger partial charge in [-0.1, -0.05) is 35.5 Å². The molecule has 0 bridgehead atoms. The first kappa shape index (κ1) is 23.9. The fourth-order valence-corrected chi connectivity index (χ4v) is 4.65. The van der Waals surface area contributed by atoms with Crippen molar-refractivity contribution >= 4 is 40.2 Å². The van der Waals surface area contributed by atoms with Crippen LogP contribution in [0.5, 0.6) is 5.75 Å². The van der Waals surface area contributed by atoms with Crippen LogP contribution in [0.1, 0.15) is 29.8 Å². The van der Waals surface area contributed by atoms with E-state index in [1.165, 1.54) is 11.8 Å². The molecule has 8 heteroatoms. The molecular formula is C26H24ClN3O3S. The third-order valence-corrected chi connectivity index (χ3v) is 6.35. The molecule has 0 saturated carbocycles. The van der Waals surface area contributed by atoms with E-state index in [0.717, 1.165) is 5.56 Å². The van der Waals surface area contributed by atoms with Crippen LogP contribution in [0.15, 0.2) is 76.7 Å². The molecule has 174 valence electrons. The molecule has 34 heavy (non-hydrogen) atoms. The average Bonchev–Trinajstić information content (AvgIpc) is 2.82. The predicted molar refractivity (Wildman–Crippen MR) is 138 cm³/mol. The monoisotopic (exact) mass is 493 g/mol. The first-order chi connectivity index (χ1) is 16.4. The molecule has 1 aromatic heterocycles. The van der Waals surface area contributed by atoms with Gasteiger partial charge in [0.15, 0.2) is 5.16 Å². The number of amides is 1. The molecule has 0 saturated heterocycles. The van der Waals surface area contributed by atoms with Crippen LogP contribution in [0.25, 0.3) is 16.6 Å². The Morgan fingerprint density at radius 3 is 2.56 bits per heavy atom. The number of rotatable bonds is 7. The van der Waals surface area contributed by atoms with Crippen LogP contribution in [0.4, 0.5) is 0 Å². The quantitative estimate of drug-likeness (QED) is 0.272. The van der Waals surface area contributed by atoms with Crippen LogP contribution in [0, 0.1) is 0 Å². The zero-order valence-corrected chi connectivity index (χ0v) is 20.6. The molecule has 0 fully saturated rings. The highest BCUT2D eigenvalue weighted by molar-refractivity contribution is 7.98. The fourth-order valence-electron chi connectivity index (χ4n) is 3.48. The van der Waals surface area contributed by atoms with Crippen LogP contribution < -0.4 is 15.6 Å². The maximum Gasteiger partial charge on any atom is 0.266 e. The second-order valence-electron chi connectivity index (χ2n) is 8.01. The first-order valence-corrected chi connectivity index (χ1v) is 12.1. The van der Waals surface area contributed by atoms with Gasteiger partial charge in [0.25, 0.3) is 11.5 Å². The van der Waals surface area contributed by atoms with Crippen molar-refractivity contribution in [1.29, 1.82) is 0 Å². The fraction of sp³-hybridized carbons (Fsp3) is 0.192. The Morgan fingerprint density at radius 2 is 1.88 bits per heavy atom. The van der Waals surface area contributed by atoms with Gasteiger partial charge in [0, 0.05) is 22.4 Å². The van der Waals surface area contributed by atoms with Crippen molar-refractivity contribution < 1.29 is 9.53 Å². The summed E-state index contributed by atoms with van der Waals surface area (Å²) in [5, 5.41) is 4.48. The summed E-state index contributed by atoms with van der Waals surface area (Å²) in [5.74, 6) is 1.06. The number of methoxy groups -OCH3 is 1. The number of hydrogen-bond donors (Lipinski definition) is 1. The van der Waals surface area contributed by atoms with E-state index in [-0.39, 0.29) is 17.5 Å². The van der Waals surface area contributed by atoms with E-state index in [0.29, 0.717) is 43.8 Å². The van der Waals surface area contributed by atoms with Crippen LogP contribution in [-0.2, 0) is 5.75 Å². The second kappa shape index (κ2) is 10.3. The van der Waals surface area contributed by atoms with E-state index in [1.54, 1.807) is 42.0 Å². The number of carbonyl (C=O) groups is 1. The zero-order valence-electron chi connectivity index (χ0n) is 19.0. The number of fused-ring (bicyclic) bond motifs is 1. The number of benzene rings is 3. The summed E-state index contributed by atoms with van der Waals surface area (Å²) in [6, 6.07) is 19.8. The normalized spacial score (nSPS) is 11.1. The molecule has 0 spiro atoms. The van der Waals surface area contributed by atoms with Crippen LogP contribution in [0.2, 0.25) is 5.02 Å². The van der Waals surface area contributed by atoms with Gasteiger partial charge >= 0.3 is 0 Å². The summed E-state index contributed by atoms with van der Waals surface area (Å²) >= 11 is 7.57. The molecule has 0 unspecified atom stereocenters. The number of halogens is 1. The van der Waals surface area contributed by atoms with E-state index in [4.69, 9.17) is 21.3 Å². The minimum Gasteiger partial charge on any atom is -0.497 e. The van der Waals surface area contributed by atoms with Gasteiger partial charge in [-0.15, -0.1) is 0 Å². The molecule has 6 nitrogen and oxygen atoms in total. The van der Waals surface area contributed by atoms with Crippen molar-refractivity contribution in [2.24, 2.45) is 0 Å². The highest BCUT2D eigenvalue weighted by atomic mass is 35.5. The van der Waals surface area contributed by atoms with Gasteiger partial charge in [-0.3, -0.25) is 14.2 Å². The lowest BCUT2D eigenvalue weighted by molar-refractivity contribution is 0.0943. The highest BCUT2D eigenvalue weighted by Crippen LogP contribution is 2.27. The molecule has 3 aromatic carbocycles. The molecule has 1 amide bonds. The van der Waals surface area contributed by atoms with E-state index in [2.05, 4.69) is 5.32 Å². The summed E-state index contributed by atoms with van der Waals surface area (Å²) < 4.78 is 6.84. The molecular weight excluding hydrogens is 470 g/mol. The number of carbonyl (C=O) groups excluding carboxylic acids is 1. The number of nitrogens with one attached hydrogen (secondary N) is 1. The average molecular weight is 494 g/mol. The molecule has 0 aliphatic heterocycles. The number of hydrogen-bond acceptors (Lipinski definition) is 5. The van der Waals surface area contributed by atoms with Crippen molar-refractivity contribution in [3.05, 3.63) is 93.2 Å². The SMILES string of the molecule is COc1ccc(-n2c(SCc3cccc(Cl)c3)nc3cc(C(=O)NC(C)C)ccc3c2=O)cc1. The summed E-state index contributed by atoms with van der Waals surface area (Å²) in [6.45, 7) is 3.80. The summed E-state index contributed by atoms with van der Waals surface area (Å²) in [5.41, 5.74) is 2.41. The lowest BCUT2D eigenvalue weighted by Gasteiger charge is -2.14. The number of nitrogens with zero attached hydrogens (tertiary/aromatic N) is 2. The molecule has 0 aliphatic rings. The standard InChI is InChI=1S/C26H24ClN3O3S/c1-16(2)28-24(31)18-7-12-22-23(14-18)29-26(34-15-17-5-4-6-19(27)13-17)30(25(22)32)20-8-10-21(33-3)11-9-20/h4-14,16H,15H2,1-3H3,(H,28,31). The smallest absolute Gasteiger partial charge is 0.266 e. The first-order valence-electron chi connectivity index (χ1n) is 10.7. The molecule has 0 radical (unpaired) electrons. The van der Waals surface area contributed by atoms with Crippen LogP contribution in [-0.4, -0.2) is 28.6 Å². The molecule has 4 aromatic rings. The van der Waals surface area contributed by atoms with Crippen molar-refractivity contribution in [3.8, 4) is 11.4 Å². The third kappa shape index (κ3) is 5.26. The van der Waals surface area contributed by atoms with E-state index < -0.39 is 0 Å². The summed E-state index contributed by atoms with van der Waals surface area (Å²) in [6.07, 6.45) is 0. The Hall–Kier alpha value is -3.29. The minimum atomic E-state index is -0.209. The van der Waals surface area contributed by atoms with Gasteiger partial charge in [0.05, 0.1) is 23.7 Å². The highest BCUT2D eigenvalue weighted by Gasteiger charge is 2.16. The Morgan fingerprint density at radius 1 is 1.12 bits per heavy atom. The lowest BCUT2D eigenvalue weighted by Crippen LogP contribution is -2.30. The molecule has 1 heterocycles. The summed E-state index contributed by atoms with van der Waals surface area (Å²) in [7, 11) is 1.60. The largest absolute Gasteiger partial charge is 0.497 e. The molecule has 0 aliphatic carbocycles. The maximum atomic E-state index is 13.6. The maximum absolute atomic E-state index is 13.6. The zero-order chi connectivity index (χ0) is 24.2. The van der Waals surface area contributed by atoms with Crippen LogP contribution in [0.3, 0.4) is 0 Å². The Labute approximate surface area is 206 Å². The van der Waals surface area contributed by atoms with Crippen molar-refractivity contribution in [1.82, 2.24) is 14.9 Å². The molecule has 1 N–H and O–H groups in total. The van der Waals surface area contributed by atoms with E-state index in [1.807, 2.05) is 50.2 Å². The van der Waals surface area contributed by atoms with E-state index >= 15 is 0 Å². The topological polar surface area (TPSA) is 73.2 Å². The third-order valence-electron chi connectivity index (χ3n) is 5.11. The second-order valence-corrected chi connectivity index (χ2v) is 9.39. The predicted octanol–water partition coefficient (Wildman–Crippen LogP) is 5.48. The van der Waals surface area contributed by atoms with Gasteiger partial charge in [-0.2, -0.15) is 0 Å². The summed E-state index contributed by atoms with van der Waals surface area (Å²) in [4.78, 5) is 30.9. The van der Waals surface area contributed by atoms with Gasteiger partial charge in [-0.25, -0.2) is 4.98 Å². The van der Waals surface area contributed by atoms with Gasteiger partial charge in [0.2, 0.25) is 0 Å². The number of ether oxygens (including phenoxy) is 1. The Balaban J connectivity index is 1.82. The van der Waals surface area contributed by atoms with Crippen molar-refractivity contribution in [2.45, 2.75) is 30.8 Å². The van der Waals surface area contributed by atoms with Gasteiger partial charge in [0.1, 0.15) is 5.75 Å². The minimum absolute atomic E-state index is 0.00282. The van der Waals surface area contributed by atoms with Crippen LogP contribution >= 0.6 is 23.4 Å². The van der Waals surface area contributed by atoms with Gasteiger partial charge in [-0.05, 0) is 74.0 Å². The molecule has 0 atom stereocenters. The van der Waals surface area contributed by atoms with Gasteiger partial charge < -0.3 is 10.1 Å². The number of thioether (sulfide) groups is 1. The lowest BCUT2D eigenvalue weighted by atomic mass is 10.1. The Kier molecular flexibility index (Phi) is 7.24. The van der Waals surface area contributed by atoms with E-state index in [9.17, 15) is 9.59 Å². The number of aromatic nitrogens is 2. The molecule has 4 rings (SSSR count). The van der Waals surface area contributed by atoms with Crippen molar-refractivity contribution in [2.75, 3.05) is 7.11 Å². The Bertz CT molecular complexity index is 1400.